The van der Waals surface area contributed by atoms with Gasteiger partial charge in [0.2, 0.25) is 0 Å². The smallest absolute Gasteiger partial charge is 0.150 e. The van der Waals surface area contributed by atoms with Crippen LogP contribution >= 0.6 is 0 Å². The highest BCUT2D eigenvalue weighted by Gasteiger charge is 2.07. The summed E-state index contributed by atoms with van der Waals surface area (Å²) >= 11 is 0. The summed E-state index contributed by atoms with van der Waals surface area (Å²) in [7, 11) is 0. The lowest BCUT2D eigenvalue weighted by Crippen LogP contribution is -2.12. The van der Waals surface area contributed by atoms with Crippen LogP contribution in [0.25, 0.3) is 0 Å². The third kappa shape index (κ3) is 2.73. The summed E-state index contributed by atoms with van der Waals surface area (Å²) in [6, 6.07) is 0. The molecule has 98 valence electrons. The Balaban J connectivity index is 2.02. The molecule has 0 radical (unpaired) electrons. The van der Waals surface area contributed by atoms with Crippen molar-refractivity contribution in [2.75, 3.05) is 0 Å². The predicted octanol–water partition coefficient (Wildman–Crippen LogP) is 0.153. The van der Waals surface area contributed by atoms with E-state index in [1.165, 1.54) is 0 Å². The molecule has 7 nitrogen and oxygen atoms in total. The lowest BCUT2D eigenvalue weighted by atomic mass is 10.4. The van der Waals surface area contributed by atoms with Gasteiger partial charge in [-0.1, -0.05) is 19.1 Å². The van der Waals surface area contributed by atoms with Crippen molar-refractivity contribution < 1.29 is 0 Å². The number of hydrogen-bond donors (Lipinski definition) is 1. The highest BCUT2D eigenvalue weighted by molar-refractivity contribution is 4.93. The summed E-state index contributed by atoms with van der Waals surface area (Å²) in [5, 5.41) is 12.4. The van der Waals surface area contributed by atoms with Crippen LogP contribution in [0.15, 0.2) is 6.20 Å². The van der Waals surface area contributed by atoms with E-state index in [9.17, 15) is 0 Å². The molecular weight excluding hydrogens is 230 g/mol. The fraction of sp³-hybridized carbons (Fsp3) is 0.636. The lowest BCUT2D eigenvalue weighted by Gasteiger charge is -2.03. The van der Waals surface area contributed by atoms with Crippen molar-refractivity contribution in [1.82, 2.24) is 29.8 Å². The van der Waals surface area contributed by atoms with E-state index >= 15 is 0 Å². The molecular formula is C11H19N7. The molecule has 0 bridgehead atoms. The normalized spacial score (nSPS) is 11.1. The molecule has 2 heterocycles. The highest BCUT2D eigenvalue weighted by atomic mass is 15.4. The monoisotopic (exact) mass is 249 g/mol. The number of rotatable bonds is 6. The second kappa shape index (κ2) is 5.72. The fourth-order valence-corrected chi connectivity index (χ4v) is 1.76. The summed E-state index contributed by atoms with van der Waals surface area (Å²) in [6.45, 7) is 6.05. The van der Waals surface area contributed by atoms with Gasteiger partial charge in [-0.3, -0.25) is 4.68 Å². The first-order chi connectivity index (χ1) is 8.76. The van der Waals surface area contributed by atoms with Crippen molar-refractivity contribution in [1.29, 1.82) is 0 Å². The summed E-state index contributed by atoms with van der Waals surface area (Å²) < 4.78 is 3.73. The Hall–Kier alpha value is -1.76. The van der Waals surface area contributed by atoms with Crippen molar-refractivity contribution in [2.45, 2.75) is 46.3 Å². The van der Waals surface area contributed by atoms with E-state index < -0.39 is 0 Å². The Bertz CT molecular complexity index is 499. The number of aromatic nitrogens is 6. The van der Waals surface area contributed by atoms with Gasteiger partial charge in [-0.15, -0.1) is 5.10 Å². The molecule has 2 aromatic heterocycles. The van der Waals surface area contributed by atoms with E-state index in [-0.39, 0.29) is 0 Å². The summed E-state index contributed by atoms with van der Waals surface area (Å²) in [6.07, 6.45) is 3.61. The fourth-order valence-electron chi connectivity index (χ4n) is 1.76. The Morgan fingerprint density at radius 3 is 2.67 bits per heavy atom. The van der Waals surface area contributed by atoms with Crippen LogP contribution in [-0.2, 0) is 32.5 Å². The van der Waals surface area contributed by atoms with Gasteiger partial charge in [0.05, 0.1) is 18.8 Å². The predicted molar refractivity (Wildman–Crippen MR) is 66.7 cm³/mol. The van der Waals surface area contributed by atoms with Crippen LogP contribution < -0.4 is 5.73 Å². The van der Waals surface area contributed by atoms with Crippen LogP contribution in [0.3, 0.4) is 0 Å². The van der Waals surface area contributed by atoms with Crippen LogP contribution in [0.2, 0.25) is 0 Å². The average Bonchev–Trinajstić information content (AvgIpc) is 3.02. The van der Waals surface area contributed by atoms with Gasteiger partial charge in [0.1, 0.15) is 5.82 Å². The van der Waals surface area contributed by atoms with E-state index in [0.717, 1.165) is 43.3 Å². The van der Waals surface area contributed by atoms with Crippen LogP contribution in [0.1, 0.15) is 31.2 Å². The van der Waals surface area contributed by atoms with Gasteiger partial charge in [0.25, 0.3) is 0 Å². The zero-order valence-electron chi connectivity index (χ0n) is 10.9. The van der Waals surface area contributed by atoms with Crippen molar-refractivity contribution in [3.63, 3.8) is 0 Å². The number of nitrogens with two attached hydrogens (primary N) is 1. The van der Waals surface area contributed by atoms with Crippen molar-refractivity contribution in [2.24, 2.45) is 5.73 Å². The lowest BCUT2D eigenvalue weighted by molar-refractivity contribution is 0.475. The first-order valence-electron chi connectivity index (χ1n) is 6.28. The minimum atomic E-state index is 0.420. The Labute approximate surface area is 106 Å². The van der Waals surface area contributed by atoms with Gasteiger partial charge in [-0.25, -0.2) is 9.67 Å². The number of aryl methyl sites for hydroxylation is 4. The average molecular weight is 249 g/mol. The van der Waals surface area contributed by atoms with E-state index in [0.29, 0.717) is 6.54 Å². The summed E-state index contributed by atoms with van der Waals surface area (Å²) in [5.74, 6) is 1.92. The molecule has 0 saturated heterocycles. The molecule has 0 aromatic carbocycles. The third-order valence-electron chi connectivity index (χ3n) is 2.76. The molecule has 0 aliphatic carbocycles. The Morgan fingerprint density at radius 2 is 2.06 bits per heavy atom. The van der Waals surface area contributed by atoms with E-state index in [4.69, 9.17) is 5.73 Å². The van der Waals surface area contributed by atoms with Crippen LogP contribution in [0.4, 0.5) is 0 Å². The topological polar surface area (TPSA) is 87.4 Å². The molecule has 18 heavy (non-hydrogen) atoms. The van der Waals surface area contributed by atoms with E-state index in [1.54, 1.807) is 4.68 Å². The van der Waals surface area contributed by atoms with Crippen LogP contribution in [0, 0.1) is 0 Å². The van der Waals surface area contributed by atoms with Crippen LogP contribution in [0.5, 0.6) is 0 Å². The molecule has 2 rings (SSSR count). The summed E-state index contributed by atoms with van der Waals surface area (Å²) in [5.41, 5.74) is 6.30. The van der Waals surface area contributed by atoms with Gasteiger partial charge in [-0.2, -0.15) is 5.10 Å². The Morgan fingerprint density at radius 1 is 1.22 bits per heavy atom. The quantitative estimate of drug-likeness (QED) is 0.787. The maximum atomic E-state index is 5.49. The van der Waals surface area contributed by atoms with Gasteiger partial charge >= 0.3 is 0 Å². The van der Waals surface area contributed by atoms with E-state index in [2.05, 4.69) is 34.2 Å². The van der Waals surface area contributed by atoms with E-state index in [1.807, 2.05) is 10.9 Å². The third-order valence-corrected chi connectivity index (χ3v) is 2.76. The molecule has 0 spiro atoms. The second-order valence-corrected chi connectivity index (χ2v) is 4.05. The Kier molecular flexibility index (Phi) is 4.03. The second-order valence-electron chi connectivity index (χ2n) is 4.05. The van der Waals surface area contributed by atoms with Crippen molar-refractivity contribution in [3.05, 3.63) is 23.5 Å². The largest absolute Gasteiger partial charge is 0.325 e. The highest BCUT2D eigenvalue weighted by Crippen LogP contribution is 2.02. The van der Waals surface area contributed by atoms with Gasteiger partial charge in [-0.05, 0) is 0 Å². The molecule has 7 heteroatoms. The first kappa shape index (κ1) is 12.7. The zero-order valence-corrected chi connectivity index (χ0v) is 10.9. The van der Waals surface area contributed by atoms with Gasteiger partial charge < -0.3 is 5.73 Å². The number of nitrogens with zero attached hydrogens (tertiary/aromatic N) is 6. The van der Waals surface area contributed by atoms with Gasteiger partial charge in [0.15, 0.2) is 5.82 Å². The SMILES string of the molecule is CCc1nc(CC)n(CCn2cc(CN)nn2)n1. The number of hydrogen-bond acceptors (Lipinski definition) is 5. The maximum absolute atomic E-state index is 5.49. The molecule has 2 N–H and O–H groups in total. The van der Waals surface area contributed by atoms with Gasteiger partial charge in [0, 0.05) is 25.6 Å². The van der Waals surface area contributed by atoms with Crippen molar-refractivity contribution in [3.8, 4) is 0 Å². The minimum absolute atomic E-state index is 0.420. The molecule has 0 unspecified atom stereocenters. The zero-order chi connectivity index (χ0) is 13.0. The molecule has 0 amide bonds. The summed E-state index contributed by atoms with van der Waals surface area (Å²) in [4.78, 5) is 4.47. The molecule has 0 aliphatic heterocycles. The van der Waals surface area contributed by atoms with Crippen LogP contribution in [-0.4, -0.2) is 29.8 Å². The van der Waals surface area contributed by atoms with Crippen molar-refractivity contribution >= 4 is 0 Å². The molecule has 0 fully saturated rings. The minimum Gasteiger partial charge on any atom is -0.325 e. The molecule has 0 aliphatic rings. The standard InChI is InChI=1S/C11H19N7/c1-3-10-13-11(4-2)18(15-10)6-5-17-8-9(7-12)14-16-17/h8H,3-7,12H2,1-2H3. The molecule has 0 saturated carbocycles. The molecule has 0 atom stereocenters. The molecule has 2 aromatic rings. The first-order valence-corrected chi connectivity index (χ1v) is 6.28. The maximum Gasteiger partial charge on any atom is 0.150 e.